The van der Waals surface area contributed by atoms with Crippen LogP contribution in [0.15, 0.2) is 66.7 Å². The highest BCUT2D eigenvalue weighted by molar-refractivity contribution is 7.99. The Morgan fingerprint density at radius 2 is 1.88 bits per heavy atom. The van der Waals surface area contributed by atoms with E-state index in [0.717, 1.165) is 34.3 Å². The van der Waals surface area contributed by atoms with Gasteiger partial charge in [-0.15, -0.1) is 11.8 Å². The van der Waals surface area contributed by atoms with Gasteiger partial charge in [0.25, 0.3) is 0 Å². The topological polar surface area (TPSA) is 32.3 Å². The summed E-state index contributed by atoms with van der Waals surface area (Å²) in [7, 11) is 0. The number of urea groups is 1. The summed E-state index contributed by atoms with van der Waals surface area (Å²) in [5.41, 5.74) is 1.90. The summed E-state index contributed by atoms with van der Waals surface area (Å²) in [5, 5.41) is 5.93. The Morgan fingerprint density at radius 1 is 1.08 bits per heavy atom. The summed E-state index contributed by atoms with van der Waals surface area (Å²) in [4.78, 5) is 14.8. The van der Waals surface area contributed by atoms with Gasteiger partial charge in [-0.25, -0.2) is 4.79 Å². The molecule has 1 fully saturated rings. The zero-order chi connectivity index (χ0) is 17.2. The predicted molar refractivity (Wildman–Crippen MR) is 106 cm³/mol. The number of amides is 2. The molecule has 5 heteroatoms. The lowest BCUT2D eigenvalue weighted by Gasteiger charge is -2.25. The molecule has 1 heterocycles. The maximum Gasteiger partial charge on any atom is 0.323 e. The first-order valence-corrected chi connectivity index (χ1v) is 9.57. The van der Waals surface area contributed by atoms with Crippen LogP contribution in [0.2, 0.25) is 5.02 Å². The molecule has 25 heavy (non-hydrogen) atoms. The van der Waals surface area contributed by atoms with Crippen molar-refractivity contribution < 1.29 is 4.79 Å². The molecule has 0 spiro atoms. The number of fused-ring (bicyclic) bond motifs is 1. The summed E-state index contributed by atoms with van der Waals surface area (Å²) >= 11 is 7.88. The maximum absolute atomic E-state index is 12.9. The number of hydrogen-bond donors (Lipinski definition) is 1. The van der Waals surface area contributed by atoms with Gasteiger partial charge >= 0.3 is 6.03 Å². The molecular formula is C20H17ClN2OS. The van der Waals surface area contributed by atoms with Crippen LogP contribution in [0, 0.1) is 0 Å². The van der Waals surface area contributed by atoms with Crippen molar-refractivity contribution in [2.75, 3.05) is 17.6 Å². The molecule has 0 radical (unpaired) electrons. The smallest absolute Gasteiger partial charge is 0.308 e. The first-order chi connectivity index (χ1) is 12.2. The van der Waals surface area contributed by atoms with Gasteiger partial charge in [-0.05, 0) is 29.1 Å². The lowest BCUT2D eigenvalue weighted by molar-refractivity contribution is 0.214. The Morgan fingerprint density at radius 3 is 2.76 bits per heavy atom. The number of nitrogens with one attached hydrogen (secondary N) is 1. The molecule has 0 unspecified atom stereocenters. The highest BCUT2D eigenvalue weighted by atomic mass is 35.5. The number of halogens is 1. The summed E-state index contributed by atoms with van der Waals surface area (Å²) in [6.45, 7) is 0.721. The largest absolute Gasteiger partial charge is 0.323 e. The molecule has 1 N–H and O–H groups in total. The summed E-state index contributed by atoms with van der Waals surface area (Å²) in [5.74, 6) is 0.917. The Balaban J connectivity index is 1.59. The minimum Gasteiger partial charge on any atom is -0.308 e. The number of benzene rings is 3. The Bertz CT molecular complexity index is 925. The molecule has 0 aliphatic carbocycles. The monoisotopic (exact) mass is 368 g/mol. The molecule has 3 aromatic rings. The molecule has 0 bridgehead atoms. The maximum atomic E-state index is 12.9. The second-order valence-electron chi connectivity index (χ2n) is 5.93. The minimum atomic E-state index is -0.0775. The summed E-state index contributed by atoms with van der Waals surface area (Å²) in [6, 6.07) is 21.7. The van der Waals surface area contributed by atoms with Crippen LogP contribution in [0.4, 0.5) is 10.5 Å². The van der Waals surface area contributed by atoms with E-state index in [1.165, 1.54) is 0 Å². The van der Waals surface area contributed by atoms with Crippen molar-refractivity contribution >= 4 is 45.9 Å². The highest BCUT2D eigenvalue weighted by Gasteiger charge is 2.31. The van der Waals surface area contributed by atoms with Crippen LogP contribution >= 0.6 is 23.4 Å². The molecule has 2 amide bonds. The third-order valence-electron chi connectivity index (χ3n) is 4.32. The van der Waals surface area contributed by atoms with Crippen LogP contribution in [0.3, 0.4) is 0 Å². The number of carbonyl (C=O) groups excluding carboxylic acids is 1. The van der Waals surface area contributed by atoms with Gasteiger partial charge in [0.2, 0.25) is 0 Å². The minimum absolute atomic E-state index is 0.00586. The molecule has 1 aliphatic heterocycles. The fraction of sp³-hybridized carbons (Fsp3) is 0.150. The van der Waals surface area contributed by atoms with E-state index in [1.807, 2.05) is 71.6 Å². The van der Waals surface area contributed by atoms with E-state index in [4.69, 9.17) is 11.6 Å². The van der Waals surface area contributed by atoms with Gasteiger partial charge in [0.15, 0.2) is 0 Å². The van der Waals surface area contributed by atoms with E-state index in [0.29, 0.717) is 5.02 Å². The third kappa shape index (κ3) is 3.32. The van der Waals surface area contributed by atoms with Crippen molar-refractivity contribution in [3.05, 3.63) is 77.3 Å². The van der Waals surface area contributed by atoms with Crippen molar-refractivity contribution in [1.82, 2.24) is 4.90 Å². The van der Waals surface area contributed by atoms with Crippen LogP contribution in [0.25, 0.3) is 10.8 Å². The summed E-state index contributed by atoms with van der Waals surface area (Å²) in [6.07, 6.45) is 0. The van der Waals surface area contributed by atoms with Gasteiger partial charge in [0.1, 0.15) is 5.37 Å². The van der Waals surface area contributed by atoms with Gasteiger partial charge in [-0.3, -0.25) is 0 Å². The van der Waals surface area contributed by atoms with Crippen molar-refractivity contribution in [3.8, 4) is 0 Å². The Kier molecular flexibility index (Phi) is 4.55. The van der Waals surface area contributed by atoms with Crippen molar-refractivity contribution in [2.45, 2.75) is 5.37 Å². The van der Waals surface area contributed by atoms with Gasteiger partial charge in [-0.1, -0.05) is 60.1 Å². The van der Waals surface area contributed by atoms with Crippen LogP contribution < -0.4 is 5.32 Å². The average Bonchev–Trinajstić information content (AvgIpc) is 3.12. The van der Waals surface area contributed by atoms with Crippen molar-refractivity contribution in [1.29, 1.82) is 0 Å². The first-order valence-electron chi connectivity index (χ1n) is 8.15. The number of rotatable bonds is 2. The number of carbonyl (C=O) groups is 1. The molecule has 126 valence electrons. The number of anilines is 1. The van der Waals surface area contributed by atoms with E-state index in [-0.39, 0.29) is 11.4 Å². The standard InChI is InChI=1S/C20H17ClN2OS/c21-16-8-3-7-15(13-16)19-23(11-12-25-19)20(24)22-18-10-4-6-14-5-1-2-9-17(14)18/h1-10,13,19H,11-12H2,(H,22,24)/t19-/m1/s1. The summed E-state index contributed by atoms with van der Waals surface area (Å²) < 4.78 is 0. The number of hydrogen-bond acceptors (Lipinski definition) is 2. The molecule has 0 saturated carbocycles. The average molecular weight is 369 g/mol. The van der Waals surface area contributed by atoms with Gasteiger partial charge in [0, 0.05) is 22.7 Å². The van der Waals surface area contributed by atoms with Crippen LogP contribution in [0.5, 0.6) is 0 Å². The normalized spacial score (nSPS) is 17.0. The molecule has 0 aromatic heterocycles. The Labute approximate surface area is 156 Å². The predicted octanol–water partition coefficient (Wildman–Crippen LogP) is 5.77. The van der Waals surface area contributed by atoms with E-state index in [9.17, 15) is 4.79 Å². The molecule has 1 saturated heterocycles. The number of nitrogens with zero attached hydrogens (tertiary/aromatic N) is 1. The zero-order valence-electron chi connectivity index (χ0n) is 13.5. The lowest BCUT2D eigenvalue weighted by atomic mass is 10.1. The van der Waals surface area contributed by atoms with Gasteiger partial charge in [0.05, 0.1) is 5.69 Å². The SMILES string of the molecule is O=C(Nc1cccc2ccccc12)N1CCS[C@@H]1c1cccc(Cl)c1. The Hall–Kier alpha value is -2.17. The van der Waals surface area contributed by atoms with Gasteiger partial charge in [-0.2, -0.15) is 0 Å². The highest BCUT2D eigenvalue weighted by Crippen LogP contribution is 2.39. The molecule has 4 rings (SSSR count). The van der Waals surface area contributed by atoms with E-state index in [1.54, 1.807) is 11.8 Å². The van der Waals surface area contributed by atoms with Crippen LogP contribution in [-0.2, 0) is 0 Å². The van der Waals surface area contributed by atoms with Gasteiger partial charge < -0.3 is 10.2 Å². The molecular weight excluding hydrogens is 352 g/mol. The second kappa shape index (κ2) is 6.98. The fourth-order valence-electron chi connectivity index (χ4n) is 3.14. The van der Waals surface area contributed by atoms with E-state index < -0.39 is 0 Å². The lowest BCUT2D eigenvalue weighted by Crippen LogP contribution is -2.34. The van der Waals surface area contributed by atoms with Crippen LogP contribution in [0.1, 0.15) is 10.9 Å². The molecule has 3 nitrogen and oxygen atoms in total. The van der Waals surface area contributed by atoms with Crippen molar-refractivity contribution in [3.63, 3.8) is 0 Å². The molecule has 3 aromatic carbocycles. The first kappa shape index (κ1) is 16.3. The molecule has 1 aliphatic rings. The van der Waals surface area contributed by atoms with Crippen molar-refractivity contribution in [2.24, 2.45) is 0 Å². The van der Waals surface area contributed by atoms with E-state index in [2.05, 4.69) is 5.32 Å². The second-order valence-corrected chi connectivity index (χ2v) is 7.55. The number of thioether (sulfide) groups is 1. The fourth-order valence-corrected chi connectivity index (χ4v) is 4.58. The third-order valence-corrected chi connectivity index (χ3v) is 5.81. The van der Waals surface area contributed by atoms with Crippen LogP contribution in [-0.4, -0.2) is 23.2 Å². The molecule has 1 atom stereocenters. The van der Waals surface area contributed by atoms with E-state index >= 15 is 0 Å². The zero-order valence-corrected chi connectivity index (χ0v) is 15.1. The quantitative estimate of drug-likeness (QED) is 0.622.